The number of carbonyl (C=O) groups is 2. The molecule has 0 aliphatic carbocycles. The molecular weight excluding hydrogens is 420 g/mol. The summed E-state index contributed by atoms with van der Waals surface area (Å²) in [6.07, 6.45) is 1.82. The van der Waals surface area contributed by atoms with E-state index in [1.807, 2.05) is 43.3 Å². The second kappa shape index (κ2) is 9.09. The number of aromatic nitrogens is 1. The average molecular weight is 447 g/mol. The largest absolute Gasteiger partial charge is 0.492 e. The van der Waals surface area contributed by atoms with E-state index in [2.05, 4.69) is 49.6 Å². The van der Waals surface area contributed by atoms with Crippen LogP contribution in [0.4, 0.5) is 4.79 Å². The van der Waals surface area contributed by atoms with Crippen LogP contribution in [0, 0.1) is 27.7 Å². The highest BCUT2D eigenvalue weighted by Crippen LogP contribution is 2.33. The summed E-state index contributed by atoms with van der Waals surface area (Å²) in [5.41, 5.74) is 6.55. The number of hydrogen-bond donors (Lipinski definition) is 0. The molecule has 2 heterocycles. The lowest BCUT2D eigenvalue weighted by Gasteiger charge is -2.13. The van der Waals surface area contributed by atoms with Gasteiger partial charge < -0.3 is 9.30 Å². The predicted octanol–water partition coefficient (Wildman–Crippen LogP) is 5.83. The van der Waals surface area contributed by atoms with E-state index in [9.17, 15) is 9.59 Å². The molecule has 0 bridgehead atoms. The molecule has 32 heavy (non-hydrogen) atoms. The van der Waals surface area contributed by atoms with Crippen molar-refractivity contribution in [2.45, 2.75) is 27.7 Å². The molecule has 3 aromatic rings. The molecule has 1 aromatic heterocycles. The summed E-state index contributed by atoms with van der Waals surface area (Å²) in [6.45, 7) is 8.74. The Hall–Kier alpha value is -3.25. The van der Waals surface area contributed by atoms with Gasteiger partial charge in [0.2, 0.25) is 0 Å². The Kier molecular flexibility index (Phi) is 6.24. The van der Waals surface area contributed by atoms with E-state index in [1.54, 1.807) is 0 Å². The van der Waals surface area contributed by atoms with Gasteiger partial charge >= 0.3 is 0 Å². The van der Waals surface area contributed by atoms with E-state index in [1.165, 1.54) is 16.0 Å². The summed E-state index contributed by atoms with van der Waals surface area (Å²) in [5.74, 6) is 0.446. The monoisotopic (exact) mass is 446 g/mol. The summed E-state index contributed by atoms with van der Waals surface area (Å²) in [7, 11) is 0. The molecule has 0 radical (unpaired) electrons. The Morgan fingerprint density at radius 3 is 2.31 bits per heavy atom. The van der Waals surface area contributed by atoms with E-state index in [4.69, 9.17) is 4.74 Å². The minimum Gasteiger partial charge on any atom is -0.492 e. The Morgan fingerprint density at radius 1 is 0.938 bits per heavy atom. The lowest BCUT2D eigenvalue weighted by atomic mass is 10.1. The maximum absolute atomic E-state index is 12.9. The van der Waals surface area contributed by atoms with Crippen molar-refractivity contribution in [2.24, 2.45) is 0 Å². The minimum absolute atomic E-state index is 0.221. The smallest absolute Gasteiger partial charge is 0.293 e. The zero-order valence-corrected chi connectivity index (χ0v) is 19.5. The summed E-state index contributed by atoms with van der Waals surface area (Å²) < 4.78 is 7.83. The molecule has 2 aromatic carbocycles. The van der Waals surface area contributed by atoms with Crippen molar-refractivity contribution in [1.29, 1.82) is 0 Å². The third-order valence-corrected chi connectivity index (χ3v) is 6.33. The van der Waals surface area contributed by atoms with Crippen LogP contribution in [0.1, 0.15) is 28.1 Å². The highest BCUT2D eigenvalue weighted by Gasteiger charge is 2.35. The summed E-state index contributed by atoms with van der Waals surface area (Å²) >= 11 is 0.981. The summed E-state index contributed by atoms with van der Waals surface area (Å²) in [5, 5.41) is -0.263. The molecule has 0 N–H and O–H groups in total. The van der Waals surface area contributed by atoms with Crippen molar-refractivity contribution < 1.29 is 14.3 Å². The first-order chi connectivity index (χ1) is 15.3. The summed E-state index contributed by atoms with van der Waals surface area (Å²) in [4.78, 5) is 27.0. The van der Waals surface area contributed by atoms with Gasteiger partial charge in [0.1, 0.15) is 12.4 Å². The molecule has 4 rings (SSSR count). The highest BCUT2D eigenvalue weighted by atomic mass is 32.2. The third kappa shape index (κ3) is 4.50. The van der Waals surface area contributed by atoms with Crippen LogP contribution in [0.15, 0.2) is 59.5 Å². The SMILES string of the molecule is Cc1cc(C)cc(-n2c(C)cc(/C=C3\SC(=O)N(CCOc4ccccc4)C3=O)c2C)c1. The second-order valence-corrected chi connectivity index (χ2v) is 9.00. The van der Waals surface area contributed by atoms with Gasteiger partial charge in [-0.3, -0.25) is 14.5 Å². The van der Waals surface area contributed by atoms with Crippen molar-refractivity contribution in [2.75, 3.05) is 13.2 Å². The molecule has 1 saturated heterocycles. The Morgan fingerprint density at radius 2 is 1.62 bits per heavy atom. The maximum atomic E-state index is 12.9. The molecule has 164 valence electrons. The molecule has 0 saturated carbocycles. The van der Waals surface area contributed by atoms with Gasteiger partial charge in [0.25, 0.3) is 11.1 Å². The fourth-order valence-electron chi connectivity index (χ4n) is 4.02. The molecule has 1 aliphatic heterocycles. The predicted molar refractivity (Wildman–Crippen MR) is 129 cm³/mol. The second-order valence-electron chi connectivity index (χ2n) is 8.00. The average Bonchev–Trinajstić information content (AvgIpc) is 3.17. The van der Waals surface area contributed by atoms with Crippen LogP contribution in [0.2, 0.25) is 0 Å². The van der Waals surface area contributed by atoms with Gasteiger partial charge in [-0.15, -0.1) is 0 Å². The van der Waals surface area contributed by atoms with Gasteiger partial charge in [-0.05, 0) is 92.6 Å². The molecule has 2 amide bonds. The van der Waals surface area contributed by atoms with Gasteiger partial charge in [0, 0.05) is 17.1 Å². The zero-order valence-electron chi connectivity index (χ0n) is 18.7. The van der Waals surface area contributed by atoms with Crippen LogP contribution in [-0.4, -0.2) is 33.8 Å². The van der Waals surface area contributed by atoms with E-state index in [0.29, 0.717) is 10.7 Å². The molecule has 6 heteroatoms. The number of benzene rings is 2. The number of aryl methyl sites for hydroxylation is 3. The molecule has 0 atom stereocenters. The van der Waals surface area contributed by atoms with Crippen LogP contribution >= 0.6 is 11.8 Å². The van der Waals surface area contributed by atoms with Crippen LogP contribution in [0.25, 0.3) is 11.8 Å². The molecular formula is C26H26N2O3S. The van der Waals surface area contributed by atoms with E-state index in [-0.39, 0.29) is 24.3 Å². The van der Waals surface area contributed by atoms with Crippen molar-refractivity contribution >= 4 is 29.0 Å². The first-order valence-corrected chi connectivity index (χ1v) is 11.4. The van der Waals surface area contributed by atoms with Crippen LogP contribution in [0.5, 0.6) is 5.75 Å². The van der Waals surface area contributed by atoms with Gasteiger partial charge in [0.05, 0.1) is 11.4 Å². The molecule has 0 spiro atoms. The molecule has 1 aliphatic rings. The lowest BCUT2D eigenvalue weighted by molar-refractivity contribution is -0.123. The first-order valence-electron chi connectivity index (χ1n) is 10.5. The first kappa shape index (κ1) is 22.0. The van der Waals surface area contributed by atoms with Gasteiger partial charge in [0.15, 0.2) is 0 Å². The topological polar surface area (TPSA) is 51.5 Å². The fraction of sp³-hybridized carbons (Fsp3) is 0.231. The maximum Gasteiger partial charge on any atom is 0.293 e. The number of para-hydroxylation sites is 1. The van der Waals surface area contributed by atoms with Crippen molar-refractivity contribution in [3.8, 4) is 11.4 Å². The van der Waals surface area contributed by atoms with Gasteiger partial charge in [-0.2, -0.15) is 0 Å². The standard InChI is InChI=1S/C26H26N2O3S/c1-17-12-18(2)14-22(13-17)28-19(3)15-21(20(28)4)16-24-25(29)27(26(30)32-24)10-11-31-23-8-6-5-7-9-23/h5-9,12-16H,10-11H2,1-4H3/b24-16-. The van der Waals surface area contributed by atoms with Gasteiger partial charge in [-0.25, -0.2) is 0 Å². The number of thioether (sulfide) groups is 1. The minimum atomic E-state index is -0.270. The number of rotatable bonds is 6. The van der Waals surface area contributed by atoms with Crippen molar-refractivity contribution in [3.63, 3.8) is 0 Å². The van der Waals surface area contributed by atoms with Crippen LogP contribution in [0.3, 0.4) is 0 Å². The number of carbonyl (C=O) groups excluding carboxylic acids is 2. The number of ether oxygens (including phenoxy) is 1. The number of imide groups is 1. The number of nitrogens with zero attached hydrogens (tertiary/aromatic N) is 2. The van der Waals surface area contributed by atoms with E-state index < -0.39 is 0 Å². The van der Waals surface area contributed by atoms with Gasteiger partial charge in [-0.1, -0.05) is 24.3 Å². The normalized spacial score (nSPS) is 15.1. The molecule has 5 nitrogen and oxygen atoms in total. The third-order valence-electron chi connectivity index (χ3n) is 5.42. The quantitative estimate of drug-likeness (QED) is 0.447. The lowest BCUT2D eigenvalue weighted by Crippen LogP contribution is -2.32. The van der Waals surface area contributed by atoms with E-state index in [0.717, 1.165) is 34.4 Å². The van der Waals surface area contributed by atoms with E-state index >= 15 is 0 Å². The fourth-order valence-corrected chi connectivity index (χ4v) is 4.87. The Labute approximate surface area is 192 Å². The van der Waals surface area contributed by atoms with Crippen LogP contribution in [-0.2, 0) is 4.79 Å². The van der Waals surface area contributed by atoms with Crippen molar-refractivity contribution in [1.82, 2.24) is 9.47 Å². The number of amides is 2. The summed E-state index contributed by atoms with van der Waals surface area (Å²) in [6, 6.07) is 17.9. The molecule has 0 unspecified atom stereocenters. The van der Waals surface area contributed by atoms with Crippen molar-refractivity contribution in [3.05, 3.63) is 87.6 Å². The Bertz CT molecular complexity index is 1190. The highest BCUT2D eigenvalue weighted by molar-refractivity contribution is 8.18. The van der Waals surface area contributed by atoms with Crippen LogP contribution < -0.4 is 4.74 Å². The molecule has 1 fully saturated rings. The Balaban J connectivity index is 1.53. The zero-order chi connectivity index (χ0) is 22.8. The number of hydrogen-bond acceptors (Lipinski definition) is 4.